The largest absolute Gasteiger partial charge is 0.481 e. The molecule has 162 valence electrons. The van der Waals surface area contributed by atoms with E-state index in [-0.39, 0.29) is 19.3 Å². The summed E-state index contributed by atoms with van der Waals surface area (Å²) in [5.74, 6) is -0.689. The second-order valence-electron chi connectivity index (χ2n) is 6.93. The van der Waals surface area contributed by atoms with Crippen molar-refractivity contribution in [3.05, 3.63) is 12.2 Å². The maximum atomic E-state index is 10.3. The van der Waals surface area contributed by atoms with Gasteiger partial charge in [-0.3, -0.25) is 4.79 Å². The summed E-state index contributed by atoms with van der Waals surface area (Å²) in [6.45, 7) is 1.47. The molecule has 0 unspecified atom stereocenters. The number of aliphatic hydroxyl groups is 4. The second kappa shape index (κ2) is 23.1. The van der Waals surface area contributed by atoms with Crippen molar-refractivity contribution >= 4 is 5.97 Å². The van der Waals surface area contributed by atoms with Crippen LogP contribution in [0.4, 0.5) is 0 Å². The fourth-order valence-electron chi connectivity index (χ4n) is 2.42. The number of rotatable bonds is 17. The van der Waals surface area contributed by atoms with E-state index in [2.05, 4.69) is 19.1 Å². The molecule has 0 amide bonds. The third-order valence-electron chi connectivity index (χ3n) is 4.15. The van der Waals surface area contributed by atoms with Gasteiger partial charge in [0.1, 0.15) is 6.10 Å². The van der Waals surface area contributed by atoms with E-state index >= 15 is 0 Å². The van der Waals surface area contributed by atoms with Crippen LogP contribution in [-0.4, -0.2) is 56.9 Å². The Balaban J connectivity index is 0. The van der Waals surface area contributed by atoms with Gasteiger partial charge in [0.15, 0.2) is 0 Å². The smallest absolute Gasteiger partial charge is 0.303 e. The summed E-state index contributed by atoms with van der Waals surface area (Å²) in [6.07, 6.45) is 16.4. The number of allylic oxidation sites excluding steroid dienone is 1. The standard InChI is InChI=1S/C18H34O3.C3H8O3/c1-2-3-4-11-14-17(19)15-12-9-7-5-6-8-10-13-16-18(20)21;4-1-3(6)2-5/h9,12,17,19H,2-8,10-11,13-16H2,1H3,(H,20,21);3-6H,1-2H2/b12-9-;/t17-;/m1./s1. The molecule has 0 aromatic heterocycles. The summed E-state index contributed by atoms with van der Waals surface area (Å²) in [4.78, 5) is 10.3. The number of aliphatic hydroxyl groups excluding tert-OH is 4. The lowest BCUT2D eigenvalue weighted by molar-refractivity contribution is -0.137. The Kier molecular flexibility index (Phi) is 24.2. The van der Waals surface area contributed by atoms with Crippen LogP contribution in [-0.2, 0) is 4.79 Å². The van der Waals surface area contributed by atoms with Gasteiger partial charge in [-0.15, -0.1) is 0 Å². The number of carboxylic acids is 1. The monoisotopic (exact) mass is 390 g/mol. The third kappa shape index (κ3) is 27.4. The molecule has 0 aliphatic rings. The van der Waals surface area contributed by atoms with E-state index in [1.165, 1.54) is 25.7 Å². The molecule has 0 bridgehead atoms. The highest BCUT2D eigenvalue weighted by Gasteiger charge is 2.00. The number of unbranched alkanes of at least 4 members (excludes halogenated alkanes) is 8. The minimum absolute atomic E-state index is 0.172. The van der Waals surface area contributed by atoms with Crippen molar-refractivity contribution in [3.8, 4) is 0 Å². The van der Waals surface area contributed by atoms with Crippen LogP contribution in [0.3, 0.4) is 0 Å². The third-order valence-corrected chi connectivity index (χ3v) is 4.15. The lowest BCUT2D eigenvalue weighted by Gasteiger charge is -2.07. The van der Waals surface area contributed by atoms with Crippen LogP contribution < -0.4 is 0 Å². The zero-order valence-electron chi connectivity index (χ0n) is 17.1. The maximum Gasteiger partial charge on any atom is 0.303 e. The highest BCUT2D eigenvalue weighted by atomic mass is 16.4. The van der Waals surface area contributed by atoms with E-state index in [9.17, 15) is 9.90 Å². The highest BCUT2D eigenvalue weighted by molar-refractivity contribution is 5.66. The summed E-state index contributed by atoms with van der Waals surface area (Å²) in [5.41, 5.74) is 0. The summed E-state index contributed by atoms with van der Waals surface area (Å²) < 4.78 is 0. The minimum Gasteiger partial charge on any atom is -0.481 e. The lowest BCUT2D eigenvalue weighted by atomic mass is 10.1. The molecule has 0 rings (SSSR count). The molecule has 1 atom stereocenters. The molecule has 0 spiro atoms. The van der Waals surface area contributed by atoms with Crippen molar-refractivity contribution in [2.45, 2.75) is 103 Å². The Bertz CT molecular complexity index is 329. The maximum absolute atomic E-state index is 10.3. The average Bonchev–Trinajstić information content (AvgIpc) is 2.66. The van der Waals surface area contributed by atoms with Crippen LogP contribution in [0.2, 0.25) is 0 Å². The molecule has 0 aromatic rings. The normalized spacial score (nSPS) is 12.2. The van der Waals surface area contributed by atoms with Crippen LogP contribution in [0.15, 0.2) is 12.2 Å². The molecule has 0 heterocycles. The van der Waals surface area contributed by atoms with Crippen LogP contribution in [0.5, 0.6) is 0 Å². The molecule has 0 aromatic carbocycles. The SMILES string of the molecule is CCCCCC[C@@H](O)C/C=C\CCCCCCCC(=O)O.OCC(O)CO. The van der Waals surface area contributed by atoms with Crippen molar-refractivity contribution in [1.82, 2.24) is 0 Å². The fourth-order valence-corrected chi connectivity index (χ4v) is 2.42. The van der Waals surface area contributed by atoms with Gasteiger partial charge in [0.05, 0.1) is 19.3 Å². The van der Waals surface area contributed by atoms with Crippen molar-refractivity contribution in [2.24, 2.45) is 0 Å². The van der Waals surface area contributed by atoms with Crippen LogP contribution in [0.1, 0.15) is 90.4 Å². The van der Waals surface area contributed by atoms with Crippen LogP contribution in [0.25, 0.3) is 0 Å². The predicted octanol–water partition coefficient (Wildman–Crippen LogP) is 3.41. The van der Waals surface area contributed by atoms with Gasteiger partial charge in [-0.1, -0.05) is 64.0 Å². The topological polar surface area (TPSA) is 118 Å². The molecule has 0 radical (unpaired) electrons. The number of carbonyl (C=O) groups is 1. The van der Waals surface area contributed by atoms with Gasteiger partial charge in [0.25, 0.3) is 0 Å². The second-order valence-corrected chi connectivity index (χ2v) is 6.93. The van der Waals surface area contributed by atoms with Gasteiger partial charge < -0.3 is 25.5 Å². The van der Waals surface area contributed by atoms with Crippen LogP contribution >= 0.6 is 0 Å². The number of hydrogen-bond acceptors (Lipinski definition) is 5. The Morgan fingerprint density at radius 2 is 1.41 bits per heavy atom. The van der Waals surface area contributed by atoms with Gasteiger partial charge in [-0.25, -0.2) is 0 Å². The molecule has 6 heteroatoms. The molecular weight excluding hydrogens is 348 g/mol. The van der Waals surface area contributed by atoms with Crippen molar-refractivity contribution in [1.29, 1.82) is 0 Å². The summed E-state index contributed by atoms with van der Waals surface area (Å²) in [7, 11) is 0. The number of hydrogen-bond donors (Lipinski definition) is 5. The molecule has 0 fully saturated rings. The van der Waals surface area contributed by atoms with Gasteiger partial charge >= 0.3 is 5.97 Å². The van der Waals surface area contributed by atoms with E-state index in [0.29, 0.717) is 6.42 Å². The first kappa shape index (κ1) is 28.3. The van der Waals surface area contributed by atoms with Crippen molar-refractivity contribution < 1.29 is 30.3 Å². The Labute approximate surface area is 164 Å². The molecule has 0 aliphatic carbocycles. The summed E-state index contributed by atoms with van der Waals surface area (Å²) in [6, 6.07) is 0. The minimum atomic E-state index is -0.954. The average molecular weight is 391 g/mol. The van der Waals surface area contributed by atoms with Gasteiger partial charge in [-0.05, 0) is 32.1 Å². The van der Waals surface area contributed by atoms with E-state index < -0.39 is 12.1 Å². The number of aliphatic carboxylic acids is 1. The van der Waals surface area contributed by atoms with E-state index in [0.717, 1.165) is 51.4 Å². The predicted molar refractivity (Wildman–Crippen MR) is 109 cm³/mol. The molecule has 27 heavy (non-hydrogen) atoms. The molecular formula is C21H42O6. The molecule has 0 aliphatic heterocycles. The first-order chi connectivity index (χ1) is 13.0. The lowest BCUT2D eigenvalue weighted by Crippen LogP contribution is -2.15. The first-order valence-electron chi connectivity index (χ1n) is 10.4. The quantitative estimate of drug-likeness (QED) is 0.192. The van der Waals surface area contributed by atoms with Crippen molar-refractivity contribution in [3.63, 3.8) is 0 Å². The van der Waals surface area contributed by atoms with E-state index in [4.69, 9.17) is 20.4 Å². The summed E-state index contributed by atoms with van der Waals surface area (Å²) in [5, 5.41) is 42.3. The van der Waals surface area contributed by atoms with Gasteiger partial charge in [-0.2, -0.15) is 0 Å². The zero-order chi connectivity index (χ0) is 20.8. The molecule has 5 N–H and O–H groups in total. The van der Waals surface area contributed by atoms with E-state index in [1.54, 1.807) is 0 Å². The van der Waals surface area contributed by atoms with E-state index in [1.807, 2.05) is 0 Å². The number of carboxylic acid groups (broad SMARTS) is 1. The zero-order valence-corrected chi connectivity index (χ0v) is 17.1. The first-order valence-corrected chi connectivity index (χ1v) is 10.4. The Morgan fingerprint density at radius 1 is 0.815 bits per heavy atom. The fraction of sp³-hybridized carbons (Fsp3) is 0.857. The highest BCUT2D eigenvalue weighted by Crippen LogP contribution is 2.10. The Morgan fingerprint density at radius 3 is 1.96 bits per heavy atom. The molecule has 0 saturated carbocycles. The molecule has 0 saturated heterocycles. The van der Waals surface area contributed by atoms with Crippen molar-refractivity contribution in [2.75, 3.05) is 13.2 Å². The van der Waals surface area contributed by atoms with Crippen LogP contribution in [0, 0.1) is 0 Å². The van der Waals surface area contributed by atoms with Gasteiger partial charge in [0.2, 0.25) is 0 Å². The molecule has 6 nitrogen and oxygen atoms in total. The van der Waals surface area contributed by atoms with Gasteiger partial charge in [0, 0.05) is 6.42 Å². The Hall–Kier alpha value is -0.950. The summed E-state index contributed by atoms with van der Waals surface area (Å²) >= 11 is 0.